The van der Waals surface area contributed by atoms with Gasteiger partial charge in [0.15, 0.2) is 5.84 Å². The number of amidine groups is 2. The number of nitrogens with zero attached hydrogens (tertiary/aromatic N) is 2. The molecule has 0 bridgehead atoms. The number of rotatable bonds is 5. The van der Waals surface area contributed by atoms with Gasteiger partial charge >= 0.3 is 0 Å². The van der Waals surface area contributed by atoms with Gasteiger partial charge in [-0.15, -0.1) is 0 Å². The molecule has 47 heavy (non-hydrogen) atoms. The van der Waals surface area contributed by atoms with E-state index in [2.05, 4.69) is 145 Å². The van der Waals surface area contributed by atoms with E-state index in [9.17, 15) is 0 Å². The predicted molar refractivity (Wildman–Crippen MR) is 194 cm³/mol. The summed E-state index contributed by atoms with van der Waals surface area (Å²) < 4.78 is 6.70. The Labute approximate surface area is 273 Å². The molecule has 7 aromatic rings. The maximum absolute atomic E-state index is 6.70. The quantitative estimate of drug-likeness (QED) is 0.212. The maximum atomic E-state index is 6.70. The predicted octanol–water partition coefficient (Wildman–Crippen LogP) is 10.4. The molecule has 1 aromatic heterocycles. The highest BCUT2D eigenvalue weighted by Crippen LogP contribution is 2.40. The fraction of sp³-hybridized carbons (Fsp3) is 0.0698. The summed E-state index contributed by atoms with van der Waals surface area (Å²) in [5, 5.41) is 5.79. The molecule has 1 unspecified atom stereocenters. The van der Waals surface area contributed by atoms with Gasteiger partial charge in [0.2, 0.25) is 0 Å². The van der Waals surface area contributed by atoms with Crippen LogP contribution in [-0.2, 0) is 6.42 Å². The SMILES string of the molecule is C1=Cc2c(cccc2-c2cccc3c2oc2cccc(C4=NC(c5ccc(-c6ccccc6)cc5)=NC(c5ccccc5)N4)c23)CC1. The van der Waals surface area contributed by atoms with Gasteiger partial charge in [0.25, 0.3) is 0 Å². The number of para-hydroxylation sites is 1. The number of fused-ring (bicyclic) bond motifs is 4. The molecule has 6 aromatic carbocycles. The van der Waals surface area contributed by atoms with E-state index >= 15 is 0 Å². The van der Waals surface area contributed by atoms with Gasteiger partial charge in [0, 0.05) is 27.5 Å². The Kier molecular flexibility index (Phi) is 6.64. The number of benzene rings is 6. The maximum Gasteiger partial charge on any atom is 0.159 e. The van der Waals surface area contributed by atoms with Gasteiger partial charge < -0.3 is 9.73 Å². The van der Waals surface area contributed by atoms with Crippen LogP contribution in [0.15, 0.2) is 160 Å². The molecule has 224 valence electrons. The van der Waals surface area contributed by atoms with Crippen molar-refractivity contribution in [2.75, 3.05) is 0 Å². The monoisotopic (exact) mass is 605 g/mol. The lowest BCUT2D eigenvalue weighted by molar-refractivity contribution is 0.668. The van der Waals surface area contributed by atoms with E-state index in [0.29, 0.717) is 5.84 Å². The van der Waals surface area contributed by atoms with Crippen LogP contribution in [0.2, 0.25) is 0 Å². The summed E-state index contributed by atoms with van der Waals surface area (Å²) in [5.41, 5.74) is 12.1. The van der Waals surface area contributed by atoms with Crippen LogP contribution in [-0.4, -0.2) is 11.7 Å². The minimum absolute atomic E-state index is 0.292. The van der Waals surface area contributed by atoms with Gasteiger partial charge in [0.05, 0.1) is 0 Å². The van der Waals surface area contributed by atoms with Gasteiger partial charge in [-0.1, -0.05) is 146 Å². The second-order valence-corrected chi connectivity index (χ2v) is 12.1. The molecular weight excluding hydrogens is 574 g/mol. The first kappa shape index (κ1) is 27.3. The molecule has 0 amide bonds. The zero-order valence-corrected chi connectivity index (χ0v) is 25.7. The van der Waals surface area contributed by atoms with Crippen LogP contribution in [0.4, 0.5) is 0 Å². The minimum atomic E-state index is -0.292. The normalized spacial score (nSPS) is 15.6. The summed E-state index contributed by atoms with van der Waals surface area (Å²) >= 11 is 0. The number of aryl methyl sites for hydroxylation is 1. The van der Waals surface area contributed by atoms with Crippen molar-refractivity contribution in [2.45, 2.75) is 19.0 Å². The largest absolute Gasteiger partial charge is 0.455 e. The van der Waals surface area contributed by atoms with Gasteiger partial charge in [-0.05, 0) is 52.3 Å². The average molecular weight is 606 g/mol. The third kappa shape index (κ3) is 4.86. The van der Waals surface area contributed by atoms with E-state index in [1.54, 1.807) is 0 Å². The molecule has 0 spiro atoms. The van der Waals surface area contributed by atoms with Crippen LogP contribution in [0.3, 0.4) is 0 Å². The number of furan rings is 1. The Morgan fingerprint density at radius 3 is 2.17 bits per heavy atom. The molecule has 0 saturated carbocycles. The molecule has 1 aliphatic heterocycles. The molecule has 9 rings (SSSR count). The zero-order chi connectivity index (χ0) is 31.2. The molecule has 2 aliphatic rings. The molecule has 4 heteroatoms. The van der Waals surface area contributed by atoms with E-state index < -0.39 is 0 Å². The Bertz CT molecular complexity index is 2360. The van der Waals surface area contributed by atoms with Crippen LogP contribution in [0.25, 0.3) is 50.3 Å². The molecule has 0 fully saturated rings. The second kappa shape index (κ2) is 11.4. The lowest BCUT2D eigenvalue weighted by Crippen LogP contribution is -2.33. The number of aliphatic imine (C=N–C) groups is 2. The van der Waals surface area contributed by atoms with E-state index in [4.69, 9.17) is 14.4 Å². The summed E-state index contributed by atoms with van der Waals surface area (Å²) in [7, 11) is 0. The standard InChI is InChI=1S/C43H31N3O/c1-3-12-28(13-4-1)29-24-26-32(27-25-29)42-44-41(31-15-5-2-6-16-31)45-43(46-42)37-22-11-23-38-39(37)36-21-10-20-35(40(36)47-38)34-19-9-17-30-14-7-8-18-33(30)34/h1-6,8-13,15-27,41H,7,14H2,(H,44,45,46). The number of hydrogen-bond acceptors (Lipinski definition) is 4. The Morgan fingerprint density at radius 1 is 0.617 bits per heavy atom. The van der Waals surface area contributed by atoms with Crippen molar-refractivity contribution >= 4 is 39.7 Å². The first-order valence-electron chi connectivity index (χ1n) is 16.2. The van der Waals surface area contributed by atoms with E-state index in [1.807, 2.05) is 12.1 Å². The first-order valence-corrected chi connectivity index (χ1v) is 16.2. The highest BCUT2D eigenvalue weighted by molar-refractivity contribution is 6.23. The van der Waals surface area contributed by atoms with E-state index in [0.717, 1.165) is 68.4 Å². The molecule has 1 atom stereocenters. The molecule has 1 aliphatic carbocycles. The first-order chi connectivity index (χ1) is 23.3. The second-order valence-electron chi connectivity index (χ2n) is 12.1. The van der Waals surface area contributed by atoms with Crippen molar-refractivity contribution < 1.29 is 4.42 Å². The summed E-state index contributed by atoms with van der Waals surface area (Å²) in [6.45, 7) is 0. The lowest BCUT2D eigenvalue weighted by atomic mass is 9.89. The molecule has 0 radical (unpaired) electrons. The van der Waals surface area contributed by atoms with E-state index in [-0.39, 0.29) is 6.17 Å². The highest BCUT2D eigenvalue weighted by Gasteiger charge is 2.25. The Balaban J connectivity index is 1.19. The van der Waals surface area contributed by atoms with Crippen LogP contribution < -0.4 is 5.32 Å². The summed E-state index contributed by atoms with van der Waals surface area (Å²) in [5.74, 6) is 1.47. The topological polar surface area (TPSA) is 49.9 Å². The number of hydrogen-bond donors (Lipinski definition) is 1. The van der Waals surface area contributed by atoms with Crippen molar-refractivity contribution in [1.29, 1.82) is 0 Å². The van der Waals surface area contributed by atoms with Gasteiger partial charge in [-0.3, -0.25) is 0 Å². The minimum Gasteiger partial charge on any atom is -0.455 e. The summed E-state index contributed by atoms with van der Waals surface area (Å²) in [6.07, 6.45) is 6.38. The van der Waals surface area contributed by atoms with Crippen molar-refractivity contribution in [1.82, 2.24) is 5.32 Å². The van der Waals surface area contributed by atoms with Crippen LogP contribution in [0.5, 0.6) is 0 Å². The lowest BCUT2D eigenvalue weighted by Gasteiger charge is -2.24. The van der Waals surface area contributed by atoms with Gasteiger partial charge in [-0.2, -0.15) is 0 Å². The van der Waals surface area contributed by atoms with Crippen LogP contribution >= 0.6 is 0 Å². The number of allylic oxidation sites excluding steroid dienone is 1. The van der Waals surface area contributed by atoms with Crippen molar-refractivity contribution in [3.63, 3.8) is 0 Å². The van der Waals surface area contributed by atoms with E-state index in [1.165, 1.54) is 22.3 Å². The van der Waals surface area contributed by atoms with Crippen LogP contribution in [0.1, 0.15) is 40.4 Å². The van der Waals surface area contributed by atoms with Gasteiger partial charge in [0.1, 0.15) is 23.2 Å². The highest BCUT2D eigenvalue weighted by atomic mass is 16.3. The molecule has 2 heterocycles. The molecule has 1 N–H and O–H groups in total. The number of nitrogens with one attached hydrogen (secondary N) is 1. The van der Waals surface area contributed by atoms with Gasteiger partial charge in [-0.25, -0.2) is 9.98 Å². The smallest absolute Gasteiger partial charge is 0.159 e. The summed E-state index contributed by atoms with van der Waals surface area (Å²) in [4.78, 5) is 10.3. The molecule has 0 saturated heterocycles. The third-order valence-corrected chi connectivity index (χ3v) is 9.24. The zero-order valence-electron chi connectivity index (χ0n) is 25.7. The third-order valence-electron chi connectivity index (χ3n) is 9.24. The average Bonchev–Trinajstić information content (AvgIpc) is 3.55. The molecule has 4 nitrogen and oxygen atoms in total. The Hall–Kier alpha value is -6.00. The van der Waals surface area contributed by atoms with Crippen molar-refractivity contribution in [3.05, 3.63) is 173 Å². The van der Waals surface area contributed by atoms with Crippen molar-refractivity contribution in [2.24, 2.45) is 9.98 Å². The van der Waals surface area contributed by atoms with Crippen molar-refractivity contribution in [3.8, 4) is 22.3 Å². The fourth-order valence-corrected chi connectivity index (χ4v) is 6.92. The summed E-state index contributed by atoms with van der Waals surface area (Å²) in [6, 6.07) is 48.6. The fourth-order valence-electron chi connectivity index (χ4n) is 6.92. The van der Waals surface area contributed by atoms with Crippen LogP contribution in [0, 0.1) is 0 Å². The Morgan fingerprint density at radius 2 is 1.32 bits per heavy atom. The molecular formula is C43H31N3O.